The van der Waals surface area contributed by atoms with Crippen molar-refractivity contribution < 1.29 is 18.1 Å². The number of hydrogen-bond donors (Lipinski definition) is 2. The molecule has 1 aliphatic rings. The average molecular weight is 520 g/mol. The molecule has 4 rings (SSSR count). The Bertz CT molecular complexity index is 1350. The molecule has 1 aromatic heterocycles. The molecule has 2 N–H and O–H groups in total. The number of pyridine rings is 1. The van der Waals surface area contributed by atoms with E-state index in [4.69, 9.17) is 21.1 Å². The highest BCUT2D eigenvalue weighted by molar-refractivity contribution is 7.87. The molecule has 0 radical (unpaired) electrons. The zero-order valence-electron chi connectivity index (χ0n) is 19.9. The first-order valence-corrected chi connectivity index (χ1v) is 12.7. The minimum absolute atomic E-state index is 0.0588. The normalized spacial score (nSPS) is 17.5. The number of anilines is 3. The molecule has 0 aliphatic heterocycles. The SMILES string of the molecule is CCc1ccc(Nc2c(NS(=O)C3CC3c3ccc(Cl)c(OC)c3)c(OC)cc(=O)n2C)c(F)c1. The zero-order chi connectivity index (χ0) is 25.3. The number of methoxy groups -OCH3 is 2. The predicted octanol–water partition coefficient (Wildman–Crippen LogP) is 5.13. The lowest BCUT2D eigenvalue weighted by Gasteiger charge is -2.20. The number of benzene rings is 2. The Kier molecular flexibility index (Phi) is 7.37. The van der Waals surface area contributed by atoms with Gasteiger partial charge in [-0.05, 0) is 48.2 Å². The Labute approximate surface area is 210 Å². The molecule has 3 atom stereocenters. The van der Waals surface area contributed by atoms with Crippen LogP contribution in [0.15, 0.2) is 47.3 Å². The molecule has 2 aromatic carbocycles. The molecule has 1 aliphatic carbocycles. The van der Waals surface area contributed by atoms with Gasteiger partial charge >= 0.3 is 0 Å². The first kappa shape index (κ1) is 25.1. The predicted molar refractivity (Wildman–Crippen MR) is 138 cm³/mol. The van der Waals surface area contributed by atoms with Gasteiger partial charge in [-0.1, -0.05) is 30.7 Å². The summed E-state index contributed by atoms with van der Waals surface area (Å²) < 4.78 is 43.0. The summed E-state index contributed by atoms with van der Waals surface area (Å²) in [7, 11) is 3.01. The molecule has 186 valence electrons. The van der Waals surface area contributed by atoms with E-state index in [0.29, 0.717) is 29.3 Å². The number of nitrogens with one attached hydrogen (secondary N) is 2. The van der Waals surface area contributed by atoms with Gasteiger partial charge in [-0.25, -0.2) is 8.60 Å². The average Bonchev–Trinajstić information content (AvgIpc) is 3.65. The van der Waals surface area contributed by atoms with Crippen molar-refractivity contribution in [3.8, 4) is 11.5 Å². The fourth-order valence-corrected chi connectivity index (χ4v) is 5.51. The molecule has 10 heteroatoms. The van der Waals surface area contributed by atoms with Gasteiger partial charge in [-0.3, -0.25) is 14.1 Å². The third-order valence-corrected chi connectivity index (χ3v) is 7.92. The fourth-order valence-electron chi connectivity index (χ4n) is 3.93. The van der Waals surface area contributed by atoms with Crippen LogP contribution in [0, 0.1) is 5.82 Å². The maximum atomic E-state index is 14.7. The van der Waals surface area contributed by atoms with Crippen LogP contribution in [0.2, 0.25) is 5.02 Å². The number of rotatable bonds is 9. The van der Waals surface area contributed by atoms with Gasteiger partial charge in [0.2, 0.25) is 0 Å². The lowest BCUT2D eigenvalue weighted by Crippen LogP contribution is -2.23. The maximum absolute atomic E-state index is 14.7. The van der Waals surface area contributed by atoms with Crippen molar-refractivity contribution in [3.05, 3.63) is 74.8 Å². The van der Waals surface area contributed by atoms with E-state index in [-0.39, 0.29) is 34.0 Å². The van der Waals surface area contributed by atoms with Crippen molar-refractivity contribution in [2.24, 2.45) is 7.05 Å². The van der Waals surface area contributed by atoms with Gasteiger partial charge in [0.25, 0.3) is 5.56 Å². The van der Waals surface area contributed by atoms with E-state index >= 15 is 0 Å². The zero-order valence-corrected chi connectivity index (χ0v) is 21.4. The van der Waals surface area contributed by atoms with Crippen LogP contribution in [-0.2, 0) is 24.5 Å². The third kappa shape index (κ3) is 5.16. The number of halogens is 2. The Morgan fingerprint density at radius 1 is 1.14 bits per heavy atom. The van der Waals surface area contributed by atoms with Crippen LogP contribution in [0.25, 0.3) is 0 Å². The Morgan fingerprint density at radius 3 is 2.54 bits per heavy atom. The smallest absolute Gasteiger partial charge is 0.255 e. The van der Waals surface area contributed by atoms with Crippen LogP contribution in [-0.4, -0.2) is 28.2 Å². The van der Waals surface area contributed by atoms with Crippen molar-refractivity contribution in [3.63, 3.8) is 0 Å². The van der Waals surface area contributed by atoms with Gasteiger partial charge in [-0.2, -0.15) is 0 Å². The fraction of sp³-hybridized carbons (Fsp3) is 0.320. The maximum Gasteiger partial charge on any atom is 0.255 e. The first-order valence-electron chi connectivity index (χ1n) is 11.1. The highest BCUT2D eigenvalue weighted by Crippen LogP contribution is 2.47. The quantitative estimate of drug-likeness (QED) is 0.409. The van der Waals surface area contributed by atoms with Crippen LogP contribution in [0.5, 0.6) is 11.5 Å². The van der Waals surface area contributed by atoms with E-state index in [2.05, 4.69) is 10.0 Å². The lowest BCUT2D eigenvalue weighted by atomic mass is 10.1. The van der Waals surface area contributed by atoms with Gasteiger partial charge in [-0.15, -0.1) is 0 Å². The molecule has 1 saturated carbocycles. The highest BCUT2D eigenvalue weighted by atomic mass is 35.5. The molecule has 35 heavy (non-hydrogen) atoms. The Hall–Kier alpha value is -3.04. The third-order valence-electron chi connectivity index (χ3n) is 6.13. The molecular weight excluding hydrogens is 493 g/mol. The summed E-state index contributed by atoms with van der Waals surface area (Å²) in [5.41, 5.74) is 1.98. The molecule has 0 amide bonds. The minimum Gasteiger partial charge on any atom is -0.495 e. The summed E-state index contributed by atoms with van der Waals surface area (Å²) in [6.45, 7) is 1.94. The van der Waals surface area contributed by atoms with Crippen LogP contribution in [0.1, 0.15) is 30.4 Å². The number of hydrogen-bond acceptors (Lipinski definition) is 5. The van der Waals surface area contributed by atoms with Gasteiger partial charge in [0.15, 0.2) is 5.75 Å². The second kappa shape index (κ2) is 10.3. The van der Waals surface area contributed by atoms with E-state index in [0.717, 1.165) is 11.1 Å². The second-order valence-electron chi connectivity index (χ2n) is 8.30. The molecule has 7 nitrogen and oxygen atoms in total. The molecule has 0 saturated heterocycles. The van der Waals surface area contributed by atoms with Crippen molar-refractivity contribution >= 4 is 39.8 Å². The van der Waals surface area contributed by atoms with Gasteiger partial charge in [0, 0.05) is 19.0 Å². The number of nitrogens with zero attached hydrogens (tertiary/aromatic N) is 1. The Morgan fingerprint density at radius 2 is 1.89 bits per heavy atom. The van der Waals surface area contributed by atoms with Gasteiger partial charge in [0.1, 0.15) is 34.1 Å². The molecule has 1 heterocycles. The number of aryl methyl sites for hydroxylation is 1. The summed E-state index contributed by atoms with van der Waals surface area (Å²) in [5.74, 6) is 0.626. The standard InChI is InChI=1S/C25H27ClFN3O4S/c1-5-14-6-9-19(18(27)10-14)28-25-24(21(34-4)13-23(31)30(25)2)29-35(32)22-12-16(22)15-7-8-17(26)20(11-15)33-3/h6-11,13,16,22,28-29H,5,12H2,1-4H3. The summed E-state index contributed by atoms with van der Waals surface area (Å²) in [6, 6.07) is 11.7. The molecule has 3 aromatic rings. The molecule has 3 unspecified atom stereocenters. The van der Waals surface area contributed by atoms with Crippen LogP contribution in [0.3, 0.4) is 0 Å². The van der Waals surface area contributed by atoms with Gasteiger partial charge in [0.05, 0.1) is 30.2 Å². The van der Waals surface area contributed by atoms with E-state index in [1.165, 1.54) is 23.8 Å². The van der Waals surface area contributed by atoms with Crippen molar-refractivity contribution in [1.29, 1.82) is 0 Å². The number of aromatic nitrogens is 1. The summed E-state index contributed by atoms with van der Waals surface area (Å²) in [6.07, 6.45) is 1.40. The number of ether oxygens (including phenoxy) is 2. The van der Waals surface area contributed by atoms with Gasteiger partial charge < -0.3 is 14.8 Å². The van der Waals surface area contributed by atoms with Crippen LogP contribution < -0.4 is 25.1 Å². The van der Waals surface area contributed by atoms with Crippen LogP contribution in [0.4, 0.5) is 21.6 Å². The summed E-state index contributed by atoms with van der Waals surface area (Å²) in [5, 5.41) is 3.33. The lowest BCUT2D eigenvalue weighted by molar-refractivity contribution is 0.414. The van der Waals surface area contributed by atoms with Crippen molar-refractivity contribution in [2.45, 2.75) is 30.9 Å². The second-order valence-corrected chi connectivity index (χ2v) is 10.1. The summed E-state index contributed by atoms with van der Waals surface area (Å²) >= 11 is 6.13. The minimum atomic E-state index is -1.51. The van der Waals surface area contributed by atoms with E-state index in [9.17, 15) is 13.4 Å². The highest BCUT2D eigenvalue weighted by Gasteiger charge is 2.44. The molecule has 0 bridgehead atoms. The summed E-state index contributed by atoms with van der Waals surface area (Å²) in [4.78, 5) is 12.5. The van der Waals surface area contributed by atoms with Crippen molar-refractivity contribution in [1.82, 2.24) is 4.57 Å². The van der Waals surface area contributed by atoms with E-state index < -0.39 is 16.8 Å². The monoisotopic (exact) mass is 519 g/mol. The largest absolute Gasteiger partial charge is 0.495 e. The first-order chi connectivity index (χ1) is 16.8. The molecular formula is C25H27ClFN3O4S. The van der Waals surface area contributed by atoms with Crippen molar-refractivity contribution in [2.75, 3.05) is 24.3 Å². The van der Waals surface area contributed by atoms with Crippen LogP contribution >= 0.6 is 11.6 Å². The molecule has 1 fully saturated rings. The molecule has 0 spiro atoms. The van der Waals surface area contributed by atoms with E-state index in [1.807, 2.05) is 25.1 Å². The van der Waals surface area contributed by atoms with E-state index in [1.54, 1.807) is 26.3 Å². The topological polar surface area (TPSA) is 81.6 Å². The Balaban J connectivity index is 1.63.